The van der Waals surface area contributed by atoms with Gasteiger partial charge in [-0.2, -0.15) is 0 Å². The van der Waals surface area contributed by atoms with Crippen molar-refractivity contribution in [2.75, 3.05) is 19.7 Å². The SMILES string of the molecule is O=C(O)COC1(c2ccncc2Br)CNC1. The van der Waals surface area contributed by atoms with Crippen LogP contribution in [0.25, 0.3) is 0 Å². The van der Waals surface area contributed by atoms with Crippen LogP contribution >= 0.6 is 15.9 Å². The predicted molar refractivity (Wildman–Crippen MR) is 60.1 cm³/mol. The fourth-order valence-corrected chi connectivity index (χ4v) is 2.28. The van der Waals surface area contributed by atoms with Crippen LogP contribution in [0.2, 0.25) is 0 Å². The van der Waals surface area contributed by atoms with Gasteiger partial charge >= 0.3 is 5.97 Å². The van der Waals surface area contributed by atoms with Gasteiger partial charge in [0.05, 0.1) is 0 Å². The Kier molecular flexibility index (Phi) is 3.22. The van der Waals surface area contributed by atoms with Crippen molar-refractivity contribution in [1.82, 2.24) is 10.3 Å². The molecule has 1 aromatic rings. The largest absolute Gasteiger partial charge is 0.480 e. The Hall–Kier alpha value is -0.980. The molecule has 6 heteroatoms. The van der Waals surface area contributed by atoms with Crippen LogP contribution < -0.4 is 5.32 Å². The van der Waals surface area contributed by atoms with E-state index in [1.54, 1.807) is 12.4 Å². The zero-order valence-electron chi connectivity index (χ0n) is 8.44. The third-order valence-electron chi connectivity index (χ3n) is 2.56. The van der Waals surface area contributed by atoms with Gasteiger partial charge in [0, 0.05) is 35.5 Å². The van der Waals surface area contributed by atoms with E-state index in [1.165, 1.54) is 0 Å². The molecule has 5 nitrogen and oxygen atoms in total. The number of carbonyl (C=O) groups is 1. The predicted octanol–water partition coefficient (Wildman–Crippen LogP) is 0.744. The van der Waals surface area contributed by atoms with Crippen molar-refractivity contribution in [3.63, 3.8) is 0 Å². The summed E-state index contributed by atoms with van der Waals surface area (Å²) in [7, 11) is 0. The van der Waals surface area contributed by atoms with Gasteiger partial charge in [0.2, 0.25) is 0 Å². The van der Waals surface area contributed by atoms with E-state index in [9.17, 15) is 4.79 Å². The van der Waals surface area contributed by atoms with E-state index >= 15 is 0 Å². The number of nitrogens with one attached hydrogen (secondary N) is 1. The Morgan fingerprint density at radius 3 is 2.94 bits per heavy atom. The summed E-state index contributed by atoms with van der Waals surface area (Å²) in [6.45, 7) is 0.933. The number of halogens is 1. The fraction of sp³-hybridized carbons (Fsp3) is 0.400. The van der Waals surface area contributed by atoms with Gasteiger partial charge in [0.1, 0.15) is 12.2 Å². The van der Waals surface area contributed by atoms with Crippen molar-refractivity contribution in [2.45, 2.75) is 5.60 Å². The molecule has 1 aromatic heterocycles. The number of ether oxygens (including phenoxy) is 1. The lowest BCUT2D eigenvalue weighted by molar-refractivity contribution is -0.155. The van der Waals surface area contributed by atoms with Crippen LogP contribution in [-0.4, -0.2) is 35.8 Å². The molecule has 0 aliphatic carbocycles. The molecule has 0 spiro atoms. The van der Waals surface area contributed by atoms with Gasteiger partial charge in [-0.1, -0.05) is 0 Å². The smallest absolute Gasteiger partial charge is 0.329 e. The second-order valence-electron chi connectivity index (χ2n) is 3.64. The third-order valence-corrected chi connectivity index (χ3v) is 3.19. The van der Waals surface area contributed by atoms with E-state index in [0.29, 0.717) is 13.1 Å². The van der Waals surface area contributed by atoms with E-state index in [-0.39, 0.29) is 6.61 Å². The van der Waals surface area contributed by atoms with Crippen LogP contribution in [0.3, 0.4) is 0 Å². The number of hydrogen-bond acceptors (Lipinski definition) is 4. The average molecular weight is 287 g/mol. The first kappa shape index (κ1) is 11.5. The van der Waals surface area contributed by atoms with E-state index in [1.807, 2.05) is 6.07 Å². The second kappa shape index (κ2) is 4.48. The zero-order chi connectivity index (χ0) is 11.6. The number of hydrogen-bond donors (Lipinski definition) is 2. The average Bonchev–Trinajstić information content (AvgIpc) is 2.18. The summed E-state index contributed by atoms with van der Waals surface area (Å²) in [5.74, 6) is -0.962. The van der Waals surface area contributed by atoms with E-state index in [0.717, 1.165) is 10.0 Å². The molecule has 0 amide bonds. The zero-order valence-corrected chi connectivity index (χ0v) is 10.0. The van der Waals surface area contributed by atoms with Crippen LogP contribution in [0.15, 0.2) is 22.9 Å². The van der Waals surface area contributed by atoms with Crippen LogP contribution in [-0.2, 0) is 15.1 Å². The Balaban J connectivity index is 2.21. The molecule has 16 heavy (non-hydrogen) atoms. The van der Waals surface area contributed by atoms with Gasteiger partial charge in [-0.25, -0.2) is 4.79 Å². The van der Waals surface area contributed by atoms with Gasteiger partial charge in [-0.15, -0.1) is 0 Å². The van der Waals surface area contributed by atoms with Gasteiger partial charge in [0.25, 0.3) is 0 Å². The summed E-state index contributed by atoms with van der Waals surface area (Å²) in [5.41, 5.74) is 0.391. The molecule has 2 rings (SSSR count). The van der Waals surface area contributed by atoms with Gasteiger partial charge in [0.15, 0.2) is 0 Å². The first-order valence-corrected chi connectivity index (χ1v) is 5.60. The Labute approximate surface area is 101 Å². The minimum atomic E-state index is -0.962. The third kappa shape index (κ3) is 2.09. The second-order valence-corrected chi connectivity index (χ2v) is 4.49. The number of rotatable bonds is 4. The molecule has 0 unspecified atom stereocenters. The molecule has 0 radical (unpaired) electrons. The van der Waals surface area contributed by atoms with Crippen LogP contribution in [0, 0.1) is 0 Å². The van der Waals surface area contributed by atoms with Gasteiger partial charge in [-0.3, -0.25) is 4.98 Å². The highest BCUT2D eigenvalue weighted by Gasteiger charge is 2.41. The maximum Gasteiger partial charge on any atom is 0.329 e. The van der Waals surface area contributed by atoms with Crippen molar-refractivity contribution in [3.8, 4) is 0 Å². The van der Waals surface area contributed by atoms with Crippen molar-refractivity contribution in [2.24, 2.45) is 0 Å². The quantitative estimate of drug-likeness (QED) is 0.855. The van der Waals surface area contributed by atoms with Crippen LogP contribution in [0.5, 0.6) is 0 Å². The van der Waals surface area contributed by atoms with Crippen molar-refractivity contribution >= 4 is 21.9 Å². The normalized spacial score (nSPS) is 17.8. The van der Waals surface area contributed by atoms with Crippen LogP contribution in [0.4, 0.5) is 0 Å². The number of nitrogens with zero attached hydrogens (tertiary/aromatic N) is 1. The van der Waals surface area contributed by atoms with E-state index in [2.05, 4.69) is 26.2 Å². The van der Waals surface area contributed by atoms with Crippen molar-refractivity contribution in [3.05, 3.63) is 28.5 Å². The number of carboxylic acids is 1. The van der Waals surface area contributed by atoms with Crippen molar-refractivity contribution in [1.29, 1.82) is 0 Å². The minimum Gasteiger partial charge on any atom is -0.480 e. The van der Waals surface area contributed by atoms with Crippen molar-refractivity contribution < 1.29 is 14.6 Å². The lowest BCUT2D eigenvalue weighted by atomic mass is 9.88. The topological polar surface area (TPSA) is 71.5 Å². The molecule has 1 fully saturated rings. The van der Waals surface area contributed by atoms with Crippen LogP contribution in [0.1, 0.15) is 5.56 Å². The molecular formula is C10H11BrN2O3. The Morgan fingerprint density at radius 1 is 1.69 bits per heavy atom. The molecule has 1 saturated heterocycles. The first-order chi connectivity index (χ1) is 7.64. The molecule has 2 N–H and O–H groups in total. The summed E-state index contributed by atoms with van der Waals surface area (Å²) >= 11 is 3.40. The molecule has 1 aliphatic rings. The summed E-state index contributed by atoms with van der Waals surface area (Å²) < 4.78 is 6.31. The number of carboxylic acid groups (broad SMARTS) is 1. The highest BCUT2D eigenvalue weighted by atomic mass is 79.9. The number of aliphatic carboxylic acids is 1. The summed E-state index contributed by atoms with van der Waals surface area (Å²) in [5, 5.41) is 11.7. The van der Waals surface area contributed by atoms with E-state index in [4.69, 9.17) is 9.84 Å². The highest BCUT2D eigenvalue weighted by Crippen LogP contribution is 2.34. The standard InChI is InChI=1S/C10H11BrN2O3/c11-8-3-12-2-1-7(8)10(5-13-6-10)16-4-9(14)15/h1-3,13H,4-6H2,(H,14,15). The molecule has 2 heterocycles. The summed E-state index contributed by atoms with van der Waals surface area (Å²) in [4.78, 5) is 14.5. The Bertz CT molecular complexity index is 407. The summed E-state index contributed by atoms with van der Waals surface area (Å²) in [6, 6.07) is 1.84. The summed E-state index contributed by atoms with van der Waals surface area (Å²) in [6.07, 6.45) is 3.35. The highest BCUT2D eigenvalue weighted by molar-refractivity contribution is 9.10. The number of aromatic nitrogens is 1. The first-order valence-electron chi connectivity index (χ1n) is 4.80. The molecule has 0 saturated carbocycles. The Morgan fingerprint density at radius 2 is 2.44 bits per heavy atom. The molecule has 0 aromatic carbocycles. The fourth-order valence-electron chi connectivity index (χ4n) is 1.67. The van der Waals surface area contributed by atoms with Gasteiger partial charge in [-0.05, 0) is 22.0 Å². The maximum absolute atomic E-state index is 10.5. The lowest BCUT2D eigenvalue weighted by Crippen LogP contribution is -2.59. The number of pyridine rings is 1. The molecule has 0 bridgehead atoms. The molecular weight excluding hydrogens is 276 g/mol. The maximum atomic E-state index is 10.5. The molecule has 86 valence electrons. The minimum absolute atomic E-state index is 0.295. The van der Waals surface area contributed by atoms with Gasteiger partial charge < -0.3 is 15.2 Å². The molecule has 0 atom stereocenters. The monoisotopic (exact) mass is 286 g/mol. The lowest BCUT2D eigenvalue weighted by Gasteiger charge is -2.42. The van der Waals surface area contributed by atoms with E-state index < -0.39 is 11.6 Å². The molecule has 1 aliphatic heterocycles.